The van der Waals surface area contributed by atoms with Crippen LogP contribution in [0.4, 0.5) is 0 Å². The van der Waals surface area contributed by atoms with Crippen molar-refractivity contribution in [3.8, 4) is 11.5 Å². The Hall–Kier alpha value is -0.746. The number of rotatable bonds is 4. The molecule has 0 saturated carbocycles. The summed E-state index contributed by atoms with van der Waals surface area (Å²) in [6, 6.07) is 2.33. The van der Waals surface area contributed by atoms with Crippen molar-refractivity contribution < 1.29 is 9.47 Å². The molecule has 1 rings (SSSR count). The molecule has 2 nitrogen and oxygen atoms in total. The summed E-state index contributed by atoms with van der Waals surface area (Å²) in [4.78, 5) is 0. The van der Waals surface area contributed by atoms with Gasteiger partial charge in [-0.2, -0.15) is 0 Å². The fourth-order valence-electron chi connectivity index (χ4n) is 2.66. The number of aryl methyl sites for hydroxylation is 1. The predicted molar refractivity (Wildman–Crippen MR) is 90.2 cm³/mol. The van der Waals surface area contributed by atoms with Gasteiger partial charge < -0.3 is 9.47 Å². The van der Waals surface area contributed by atoms with E-state index in [2.05, 4.69) is 52.3 Å². The maximum atomic E-state index is 5.74. The van der Waals surface area contributed by atoms with E-state index < -0.39 is 16.1 Å². The van der Waals surface area contributed by atoms with Gasteiger partial charge in [-0.1, -0.05) is 45.3 Å². The van der Waals surface area contributed by atoms with Crippen LogP contribution in [0.25, 0.3) is 0 Å². The van der Waals surface area contributed by atoms with E-state index in [-0.39, 0.29) is 0 Å². The Bertz CT molecular complexity index is 469. The van der Waals surface area contributed by atoms with E-state index in [0.29, 0.717) is 0 Å². The molecule has 0 heterocycles. The van der Waals surface area contributed by atoms with Gasteiger partial charge in [0.15, 0.2) is 11.5 Å². The standard InChI is InChI=1S/C15H28O2Si2/c1-11-10-12(18(4,5)6)13(16-2)14(17-3)15(11)19(7,8)9/h10H,1-9H3. The Morgan fingerprint density at radius 2 is 1.26 bits per heavy atom. The molecule has 19 heavy (non-hydrogen) atoms. The highest BCUT2D eigenvalue weighted by atomic mass is 28.3. The first kappa shape index (κ1) is 16.3. The minimum absolute atomic E-state index is 0.963. The molecule has 0 radical (unpaired) electrons. The normalized spacial score (nSPS) is 12.5. The van der Waals surface area contributed by atoms with E-state index in [1.165, 1.54) is 15.9 Å². The molecule has 0 saturated heterocycles. The SMILES string of the molecule is COc1c([Si](C)(C)C)cc(C)c([Si](C)(C)C)c1OC. The largest absolute Gasteiger partial charge is 0.493 e. The van der Waals surface area contributed by atoms with Gasteiger partial charge in [0.1, 0.15) is 0 Å². The molecular weight excluding hydrogens is 268 g/mol. The molecule has 1 aromatic rings. The molecule has 0 atom stereocenters. The summed E-state index contributed by atoms with van der Waals surface area (Å²) in [5, 5.41) is 2.74. The van der Waals surface area contributed by atoms with Crippen LogP contribution in [0.1, 0.15) is 5.56 Å². The third-order valence-electron chi connectivity index (χ3n) is 3.40. The van der Waals surface area contributed by atoms with Crippen molar-refractivity contribution in [2.24, 2.45) is 0 Å². The lowest BCUT2D eigenvalue weighted by atomic mass is 10.2. The van der Waals surface area contributed by atoms with Gasteiger partial charge in [0.25, 0.3) is 0 Å². The fraction of sp³-hybridized carbons (Fsp3) is 0.600. The molecule has 0 fully saturated rings. The molecule has 0 spiro atoms. The second-order valence-electron chi connectivity index (χ2n) is 7.18. The van der Waals surface area contributed by atoms with Gasteiger partial charge in [-0.3, -0.25) is 0 Å². The van der Waals surface area contributed by atoms with Crippen LogP contribution in [0.3, 0.4) is 0 Å². The number of hydrogen-bond acceptors (Lipinski definition) is 2. The van der Waals surface area contributed by atoms with Crippen LogP contribution in [0.5, 0.6) is 11.5 Å². The molecule has 0 aliphatic heterocycles. The maximum Gasteiger partial charge on any atom is 0.160 e. The molecule has 0 unspecified atom stereocenters. The van der Waals surface area contributed by atoms with E-state index in [1.54, 1.807) is 14.2 Å². The smallest absolute Gasteiger partial charge is 0.160 e. The molecule has 0 bridgehead atoms. The molecule has 0 aromatic heterocycles. The quantitative estimate of drug-likeness (QED) is 0.795. The van der Waals surface area contributed by atoms with Crippen LogP contribution in [-0.4, -0.2) is 30.4 Å². The van der Waals surface area contributed by atoms with Gasteiger partial charge in [0.2, 0.25) is 0 Å². The average Bonchev–Trinajstić information content (AvgIpc) is 2.24. The second-order valence-corrected chi connectivity index (χ2v) is 17.2. The summed E-state index contributed by atoms with van der Waals surface area (Å²) in [5.74, 6) is 1.93. The van der Waals surface area contributed by atoms with Gasteiger partial charge >= 0.3 is 0 Å². The zero-order valence-corrected chi connectivity index (χ0v) is 15.9. The minimum atomic E-state index is -1.46. The average molecular weight is 297 g/mol. The molecular formula is C15H28O2Si2. The highest BCUT2D eigenvalue weighted by molar-refractivity contribution is 6.91. The third-order valence-corrected chi connectivity index (χ3v) is 7.51. The molecule has 0 aliphatic rings. The Morgan fingerprint density at radius 3 is 1.58 bits per heavy atom. The van der Waals surface area contributed by atoms with Crippen molar-refractivity contribution in [1.82, 2.24) is 0 Å². The molecule has 1 aromatic carbocycles. The first-order chi connectivity index (χ1) is 8.54. The van der Waals surface area contributed by atoms with Crippen molar-refractivity contribution in [2.45, 2.75) is 46.2 Å². The van der Waals surface area contributed by atoms with Gasteiger partial charge in [-0.15, -0.1) is 0 Å². The van der Waals surface area contributed by atoms with Crippen molar-refractivity contribution in [2.75, 3.05) is 14.2 Å². The van der Waals surface area contributed by atoms with Gasteiger partial charge in [0, 0.05) is 0 Å². The Morgan fingerprint density at radius 1 is 0.789 bits per heavy atom. The zero-order valence-electron chi connectivity index (χ0n) is 13.9. The van der Waals surface area contributed by atoms with Crippen LogP contribution in [0.2, 0.25) is 39.3 Å². The van der Waals surface area contributed by atoms with Crippen LogP contribution < -0.4 is 19.8 Å². The van der Waals surface area contributed by atoms with Crippen molar-refractivity contribution in [1.29, 1.82) is 0 Å². The number of hydrogen-bond donors (Lipinski definition) is 0. The van der Waals surface area contributed by atoms with E-state index >= 15 is 0 Å². The lowest BCUT2D eigenvalue weighted by Gasteiger charge is -2.29. The summed E-state index contributed by atoms with van der Waals surface area (Å²) in [6.45, 7) is 16.3. The van der Waals surface area contributed by atoms with Crippen LogP contribution >= 0.6 is 0 Å². The molecule has 108 valence electrons. The van der Waals surface area contributed by atoms with Crippen molar-refractivity contribution in [3.63, 3.8) is 0 Å². The van der Waals surface area contributed by atoms with E-state index in [4.69, 9.17) is 9.47 Å². The Labute approximate surface area is 120 Å². The van der Waals surface area contributed by atoms with E-state index in [9.17, 15) is 0 Å². The summed E-state index contributed by atoms with van der Waals surface area (Å²) < 4.78 is 11.5. The summed E-state index contributed by atoms with van der Waals surface area (Å²) in [5.41, 5.74) is 1.36. The number of ether oxygens (including phenoxy) is 2. The van der Waals surface area contributed by atoms with Crippen LogP contribution in [-0.2, 0) is 0 Å². The van der Waals surface area contributed by atoms with Crippen molar-refractivity contribution in [3.05, 3.63) is 11.6 Å². The van der Waals surface area contributed by atoms with E-state index in [1.807, 2.05) is 0 Å². The third kappa shape index (κ3) is 3.23. The van der Waals surface area contributed by atoms with Gasteiger partial charge in [0.05, 0.1) is 30.4 Å². The molecule has 0 N–H and O–H groups in total. The fourth-order valence-corrected chi connectivity index (χ4v) is 6.35. The van der Waals surface area contributed by atoms with Gasteiger partial charge in [-0.25, -0.2) is 0 Å². The first-order valence-corrected chi connectivity index (χ1v) is 13.8. The second kappa shape index (κ2) is 5.33. The van der Waals surface area contributed by atoms with Crippen molar-refractivity contribution >= 4 is 26.5 Å². The Kier molecular flexibility index (Phi) is 4.57. The van der Waals surface area contributed by atoms with Crippen LogP contribution in [0.15, 0.2) is 6.07 Å². The van der Waals surface area contributed by atoms with E-state index in [0.717, 1.165) is 11.5 Å². The Balaban J connectivity index is 3.74. The minimum Gasteiger partial charge on any atom is -0.493 e. The number of benzene rings is 1. The lowest BCUT2D eigenvalue weighted by molar-refractivity contribution is 0.359. The van der Waals surface area contributed by atoms with Crippen LogP contribution in [0, 0.1) is 6.92 Å². The highest BCUT2D eigenvalue weighted by Gasteiger charge is 2.31. The summed E-state index contributed by atoms with van der Waals surface area (Å²) >= 11 is 0. The monoisotopic (exact) mass is 296 g/mol. The maximum absolute atomic E-state index is 5.74. The molecule has 0 aliphatic carbocycles. The number of methoxy groups -OCH3 is 2. The van der Waals surface area contributed by atoms with Gasteiger partial charge in [-0.05, 0) is 22.9 Å². The lowest BCUT2D eigenvalue weighted by Crippen LogP contribution is -2.45. The first-order valence-electron chi connectivity index (χ1n) is 6.80. The highest BCUT2D eigenvalue weighted by Crippen LogP contribution is 2.29. The summed E-state index contributed by atoms with van der Waals surface area (Å²) in [6.07, 6.45) is 0. The predicted octanol–water partition coefficient (Wildman–Crippen LogP) is 3.10. The zero-order chi connectivity index (χ0) is 15.0. The molecule has 0 amide bonds. The summed E-state index contributed by atoms with van der Waals surface area (Å²) in [7, 11) is 0.601. The molecule has 4 heteroatoms. The topological polar surface area (TPSA) is 18.5 Å².